The summed E-state index contributed by atoms with van der Waals surface area (Å²) in [6.07, 6.45) is 1.24. The lowest BCUT2D eigenvalue weighted by Crippen LogP contribution is -2.47. The van der Waals surface area contributed by atoms with Crippen molar-refractivity contribution in [1.82, 2.24) is 19.7 Å². The first-order chi connectivity index (χ1) is 14.1. The molecule has 4 rings (SSSR count). The number of aromatic nitrogens is 3. The van der Waals surface area contributed by atoms with Crippen LogP contribution < -0.4 is 5.32 Å². The van der Waals surface area contributed by atoms with Gasteiger partial charge in [-0.2, -0.15) is 18.3 Å². The van der Waals surface area contributed by atoms with Gasteiger partial charge in [0, 0.05) is 43.0 Å². The maximum Gasteiger partial charge on any atom is 0.410 e. The summed E-state index contributed by atoms with van der Waals surface area (Å²) in [5, 5.41) is 7.74. The normalized spacial score (nSPS) is 25.6. The van der Waals surface area contributed by atoms with Gasteiger partial charge in [-0.05, 0) is 43.4 Å². The van der Waals surface area contributed by atoms with Crippen molar-refractivity contribution in [3.63, 3.8) is 0 Å². The van der Waals surface area contributed by atoms with Crippen LogP contribution in [0.2, 0.25) is 0 Å². The molecular formula is C22H30F3N5. The van der Waals surface area contributed by atoms with Crippen molar-refractivity contribution in [2.24, 2.45) is 5.92 Å². The van der Waals surface area contributed by atoms with E-state index < -0.39 is 12.2 Å². The number of halogens is 3. The van der Waals surface area contributed by atoms with Crippen LogP contribution in [0, 0.1) is 5.92 Å². The monoisotopic (exact) mass is 421 g/mol. The molecule has 4 heterocycles. The van der Waals surface area contributed by atoms with Crippen LogP contribution in [0.5, 0.6) is 0 Å². The smallest absolute Gasteiger partial charge is 0.367 e. The van der Waals surface area contributed by atoms with Gasteiger partial charge < -0.3 is 5.32 Å². The van der Waals surface area contributed by atoms with Gasteiger partial charge in [-0.3, -0.25) is 9.88 Å². The van der Waals surface area contributed by atoms with Gasteiger partial charge in [-0.25, -0.2) is 4.68 Å². The van der Waals surface area contributed by atoms with Gasteiger partial charge in [-0.15, -0.1) is 0 Å². The van der Waals surface area contributed by atoms with Crippen molar-refractivity contribution in [3.8, 4) is 0 Å². The predicted molar refractivity (Wildman–Crippen MR) is 110 cm³/mol. The molecule has 1 unspecified atom stereocenters. The van der Waals surface area contributed by atoms with E-state index >= 15 is 0 Å². The Kier molecular flexibility index (Phi) is 5.55. The Bertz CT molecular complexity index is 856. The van der Waals surface area contributed by atoms with E-state index in [1.807, 2.05) is 39.1 Å². The third-order valence-electron chi connectivity index (χ3n) is 6.23. The molecule has 30 heavy (non-hydrogen) atoms. The van der Waals surface area contributed by atoms with Crippen molar-refractivity contribution in [3.05, 3.63) is 41.9 Å². The fourth-order valence-corrected chi connectivity index (χ4v) is 4.59. The van der Waals surface area contributed by atoms with Crippen LogP contribution in [-0.4, -0.2) is 45.0 Å². The molecule has 1 saturated heterocycles. The van der Waals surface area contributed by atoms with E-state index in [0.29, 0.717) is 11.5 Å². The third kappa shape index (κ3) is 4.48. The summed E-state index contributed by atoms with van der Waals surface area (Å²) in [4.78, 5) is 6.50. The zero-order chi connectivity index (χ0) is 21.5. The van der Waals surface area contributed by atoms with Crippen LogP contribution in [0.3, 0.4) is 0 Å². The second kappa shape index (κ2) is 7.87. The van der Waals surface area contributed by atoms with Crippen LogP contribution in [0.15, 0.2) is 30.6 Å². The van der Waals surface area contributed by atoms with Crippen LogP contribution in [-0.2, 0) is 12.0 Å². The molecule has 0 amide bonds. The molecular weight excluding hydrogens is 391 g/mol. The average Bonchev–Trinajstić information content (AvgIpc) is 3.12. The third-order valence-corrected chi connectivity index (χ3v) is 6.23. The number of hydrogen-bond donors (Lipinski definition) is 1. The highest BCUT2D eigenvalue weighted by atomic mass is 19.4. The Labute approximate surface area is 175 Å². The van der Waals surface area contributed by atoms with Crippen molar-refractivity contribution >= 4 is 5.82 Å². The number of pyridine rings is 1. The van der Waals surface area contributed by atoms with Gasteiger partial charge in [0.05, 0.1) is 5.69 Å². The average molecular weight is 422 g/mol. The summed E-state index contributed by atoms with van der Waals surface area (Å²) in [5.74, 6) is 0.657. The number of anilines is 1. The molecule has 0 aliphatic carbocycles. The molecule has 0 aromatic carbocycles. The molecule has 3 atom stereocenters. The zero-order valence-corrected chi connectivity index (χ0v) is 17.8. The molecule has 0 bridgehead atoms. The number of hydrogen-bond acceptors (Lipinski definition) is 4. The van der Waals surface area contributed by atoms with Crippen LogP contribution in [0.4, 0.5) is 19.0 Å². The Morgan fingerprint density at radius 2 is 2.03 bits per heavy atom. The summed E-state index contributed by atoms with van der Waals surface area (Å²) >= 11 is 0. The predicted octanol–water partition coefficient (Wildman–Crippen LogP) is 4.78. The molecule has 2 aliphatic heterocycles. The van der Waals surface area contributed by atoms with Crippen LogP contribution >= 0.6 is 0 Å². The molecule has 2 aromatic heterocycles. The lowest BCUT2D eigenvalue weighted by Gasteiger charge is -2.41. The van der Waals surface area contributed by atoms with Gasteiger partial charge in [0.15, 0.2) is 6.04 Å². The van der Waals surface area contributed by atoms with Crippen molar-refractivity contribution < 1.29 is 13.2 Å². The minimum absolute atomic E-state index is 0.0210. The minimum atomic E-state index is -4.32. The number of piperidine rings is 1. The van der Waals surface area contributed by atoms with Crippen LogP contribution in [0.25, 0.3) is 0 Å². The van der Waals surface area contributed by atoms with E-state index in [1.54, 1.807) is 12.3 Å². The minimum Gasteiger partial charge on any atom is -0.367 e. The van der Waals surface area contributed by atoms with E-state index in [1.165, 1.54) is 0 Å². The first kappa shape index (κ1) is 21.2. The number of nitrogens with one attached hydrogen (secondary N) is 1. The maximum absolute atomic E-state index is 13.9. The van der Waals surface area contributed by atoms with Crippen molar-refractivity contribution in [1.29, 1.82) is 0 Å². The van der Waals surface area contributed by atoms with Gasteiger partial charge in [0.1, 0.15) is 5.82 Å². The van der Waals surface area contributed by atoms with Crippen LogP contribution in [0.1, 0.15) is 57.3 Å². The molecule has 0 spiro atoms. The quantitative estimate of drug-likeness (QED) is 0.775. The number of likely N-dealkylation sites (tertiary alicyclic amines) is 1. The Balaban J connectivity index is 1.53. The SMILES string of the molecule is CC(C)(C)c1cc2n(n1)[C@H](C(F)(F)F)C[C@H](C1CCCN(Cc3cccnc3)C1)N2. The number of rotatable bonds is 3. The zero-order valence-electron chi connectivity index (χ0n) is 17.8. The van der Waals surface area contributed by atoms with E-state index in [0.717, 1.165) is 42.7 Å². The largest absolute Gasteiger partial charge is 0.410 e. The number of alkyl halides is 3. The maximum atomic E-state index is 13.9. The van der Waals surface area contributed by atoms with Gasteiger partial charge in [0.2, 0.25) is 0 Å². The Morgan fingerprint density at radius 3 is 2.70 bits per heavy atom. The summed E-state index contributed by atoms with van der Waals surface area (Å²) in [6.45, 7) is 8.45. The van der Waals surface area contributed by atoms with Gasteiger partial charge >= 0.3 is 6.18 Å². The molecule has 5 nitrogen and oxygen atoms in total. The lowest BCUT2D eigenvalue weighted by molar-refractivity contribution is -0.174. The van der Waals surface area contributed by atoms with E-state index in [2.05, 4.69) is 20.3 Å². The Hall–Kier alpha value is -2.09. The van der Waals surface area contributed by atoms with Crippen molar-refractivity contribution in [2.45, 2.75) is 70.3 Å². The summed E-state index contributed by atoms with van der Waals surface area (Å²) in [5.41, 5.74) is 1.51. The highest BCUT2D eigenvalue weighted by molar-refractivity contribution is 5.43. The molecule has 2 aliphatic rings. The first-order valence-electron chi connectivity index (χ1n) is 10.7. The highest BCUT2D eigenvalue weighted by Gasteiger charge is 2.48. The van der Waals surface area contributed by atoms with Crippen molar-refractivity contribution in [2.75, 3.05) is 18.4 Å². The van der Waals surface area contributed by atoms with E-state index in [9.17, 15) is 13.2 Å². The molecule has 1 fully saturated rings. The summed E-state index contributed by atoms with van der Waals surface area (Å²) in [7, 11) is 0. The standard InChI is InChI=1S/C22H30F3N5/c1-21(2,3)18-11-20-27-17(10-19(22(23,24)25)30(20)28-18)16-7-5-9-29(14-16)13-15-6-4-8-26-12-15/h4,6,8,11-12,16-17,19,27H,5,7,9-10,13-14H2,1-3H3/t16?,17-,19+/m1/s1. The fourth-order valence-electron chi connectivity index (χ4n) is 4.59. The second-order valence-corrected chi connectivity index (χ2v) is 9.65. The van der Waals surface area contributed by atoms with Gasteiger partial charge in [0.25, 0.3) is 0 Å². The molecule has 1 N–H and O–H groups in total. The number of fused-ring (bicyclic) bond motifs is 1. The first-order valence-corrected chi connectivity index (χ1v) is 10.7. The molecule has 164 valence electrons. The summed E-state index contributed by atoms with van der Waals surface area (Å²) < 4.78 is 42.9. The molecule has 0 radical (unpaired) electrons. The van der Waals surface area contributed by atoms with E-state index in [4.69, 9.17) is 0 Å². The summed E-state index contributed by atoms with van der Waals surface area (Å²) in [6, 6.07) is 3.96. The second-order valence-electron chi connectivity index (χ2n) is 9.65. The molecule has 0 saturated carbocycles. The van der Waals surface area contributed by atoms with Gasteiger partial charge in [-0.1, -0.05) is 26.8 Å². The topological polar surface area (TPSA) is 46.0 Å². The number of nitrogens with zero attached hydrogens (tertiary/aromatic N) is 4. The lowest BCUT2D eigenvalue weighted by atomic mass is 9.85. The fraction of sp³-hybridized carbons (Fsp3) is 0.636. The molecule has 8 heteroatoms. The Morgan fingerprint density at radius 1 is 1.23 bits per heavy atom. The molecule has 2 aromatic rings. The highest BCUT2D eigenvalue weighted by Crippen LogP contribution is 2.43. The van der Waals surface area contributed by atoms with E-state index in [-0.39, 0.29) is 23.8 Å².